The van der Waals surface area contributed by atoms with E-state index >= 15 is 0 Å². The van der Waals surface area contributed by atoms with E-state index in [4.69, 9.17) is 9.47 Å². The number of carbonyl (C=O) groups is 1. The molecule has 2 aliphatic rings. The third-order valence-electron chi connectivity index (χ3n) is 3.25. The molecule has 2 heterocycles. The molecular formula is C11H21ClN2O3. The number of hydrogen-bond donors (Lipinski definition) is 1. The molecule has 0 aromatic rings. The Morgan fingerprint density at radius 2 is 2.29 bits per heavy atom. The molecule has 1 amide bonds. The van der Waals surface area contributed by atoms with Crippen LogP contribution in [0.2, 0.25) is 0 Å². The van der Waals surface area contributed by atoms with E-state index in [-0.39, 0.29) is 30.5 Å². The molecule has 6 heteroatoms. The third-order valence-corrected chi connectivity index (χ3v) is 3.25. The van der Waals surface area contributed by atoms with Crippen molar-refractivity contribution in [3.8, 4) is 0 Å². The highest BCUT2D eigenvalue weighted by atomic mass is 35.5. The van der Waals surface area contributed by atoms with Crippen LogP contribution in [0.1, 0.15) is 12.8 Å². The molecule has 0 aromatic heterocycles. The van der Waals surface area contributed by atoms with Crippen molar-refractivity contribution in [3.63, 3.8) is 0 Å². The zero-order chi connectivity index (χ0) is 11.4. The number of rotatable bonds is 3. The molecule has 0 saturated carbocycles. The van der Waals surface area contributed by atoms with Crippen molar-refractivity contribution in [2.24, 2.45) is 0 Å². The van der Waals surface area contributed by atoms with Crippen molar-refractivity contribution in [1.82, 2.24) is 10.2 Å². The summed E-state index contributed by atoms with van der Waals surface area (Å²) in [6, 6.07) is 0.254. The topological polar surface area (TPSA) is 50.8 Å². The smallest absolute Gasteiger partial charge is 0.225 e. The van der Waals surface area contributed by atoms with Crippen LogP contribution in [0.25, 0.3) is 0 Å². The van der Waals surface area contributed by atoms with Crippen LogP contribution in [-0.4, -0.2) is 62.9 Å². The first kappa shape index (κ1) is 14.7. The summed E-state index contributed by atoms with van der Waals surface area (Å²) >= 11 is 0. The van der Waals surface area contributed by atoms with Gasteiger partial charge < -0.3 is 19.7 Å². The van der Waals surface area contributed by atoms with Crippen molar-refractivity contribution in [3.05, 3.63) is 0 Å². The second-order valence-corrected chi connectivity index (χ2v) is 4.42. The van der Waals surface area contributed by atoms with Gasteiger partial charge in [0.1, 0.15) is 0 Å². The maximum atomic E-state index is 12.0. The second-order valence-electron chi connectivity index (χ2n) is 4.42. The molecule has 1 N–H and O–H groups in total. The molecule has 2 aliphatic heterocycles. The van der Waals surface area contributed by atoms with Crippen LogP contribution >= 0.6 is 12.4 Å². The van der Waals surface area contributed by atoms with Crippen molar-refractivity contribution >= 4 is 18.3 Å². The lowest BCUT2D eigenvalue weighted by atomic mass is 10.1. The zero-order valence-corrected chi connectivity index (χ0v) is 11.0. The van der Waals surface area contributed by atoms with Crippen LogP contribution in [-0.2, 0) is 14.3 Å². The average molecular weight is 265 g/mol. The third kappa shape index (κ3) is 4.10. The first-order valence-corrected chi connectivity index (χ1v) is 5.93. The molecule has 5 nitrogen and oxygen atoms in total. The number of nitrogens with zero attached hydrogens (tertiary/aromatic N) is 1. The van der Waals surface area contributed by atoms with E-state index in [1.165, 1.54) is 0 Å². The summed E-state index contributed by atoms with van der Waals surface area (Å²) in [4.78, 5) is 13.8. The fourth-order valence-corrected chi connectivity index (χ4v) is 2.12. The number of morpholine rings is 1. The molecule has 0 aromatic carbocycles. The predicted molar refractivity (Wildman–Crippen MR) is 66.5 cm³/mol. The minimum absolute atomic E-state index is 0. The summed E-state index contributed by atoms with van der Waals surface area (Å²) in [6.45, 7) is 3.81. The fraction of sp³-hybridized carbons (Fsp3) is 0.909. The van der Waals surface area contributed by atoms with Gasteiger partial charge in [-0.3, -0.25) is 4.79 Å². The molecule has 17 heavy (non-hydrogen) atoms. The highest BCUT2D eigenvalue weighted by molar-refractivity contribution is 5.85. The summed E-state index contributed by atoms with van der Waals surface area (Å²) in [5.41, 5.74) is 0. The number of ether oxygens (including phenoxy) is 2. The lowest BCUT2D eigenvalue weighted by Gasteiger charge is -2.28. The summed E-state index contributed by atoms with van der Waals surface area (Å²) < 4.78 is 10.8. The van der Waals surface area contributed by atoms with E-state index < -0.39 is 0 Å². The standard InChI is InChI=1S/C11H20N2O3.ClH/c1-13(9-2-4-15-8-9)11(14)6-10-7-12-3-5-16-10;/h9-10,12H,2-8H2,1H3;1H. The largest absolute Gasteiger partial charge is 0.379 e. The normalized spacial score (nSPS) is 28.5. The predicted octanol–water partition coefficient (Wildman–Crippen LogP) is 0.0340. The van der Waals surface area contributed by atoms with Crippen LogP contribution in [0.4, 0.5) is 0 Å². The summed E-state index contributed by atoms with van der Waals surface area (Å²) in [5, 5.41) is 3.23. The summed E-state index contributed by atoms with van der Waals surface area (Å²) in [6.07, 6.45) is 1.46. The number of halogens is 1. The summed E-state index contributed by atoms with van der Waals surface area (Å²) in [7, 11) is 1.86. The van der Waals surface area contributed by atoms with Gasteiger partial charge in [0.05, 0.1) is 31.8 Å². The molecule has 2 atom stereocenters. The second kappa shape index (κ2) is 7.16. The number of amides is 1. The van der Waals surface area contributed by atoms with Gasteiger partial charge in [0.15, 0.2) is 0 Å². The molecule has 0 aliphatic carbocycles. The molecule has 2 saturated heterocycles. The Balaban J connectivity index is 0.00000144. The van der Waals surface area contributed by atoms with Gasteiger partial charge in [0.2, 0.25) is 5.91 Å². The highest BCUT2D eigenvalue weighted by Gasteiger charge is 2.26. The van der Waals surface area contributed by atoms with Gasteiger partial charge in [0.25, 0.3) is 0 Å². The van der Waals surface area contributed by atoms with Crippen LogP contribution in [0.15, 0.2) is 0 Å². The Bertz CT molecular complexity index is 241. The number of carbonyl (C=O) groups excluding carboxylic acids is 1. The van der Waals surface area contributed by atoms with Crippen molar-refractivity contribution in [2.45, 2.75) is 25.0 Å². The van der Waals surface area contributed by atoms with Crippen molar-refractivity contribution in [1.29, 1.82) is 0 Å². The molecule has 2 unspecified atom stereocenters. The van der Waals surface area contributed by atoms with E-state index in [1.807, 2.05) is 11.9 Å². The minimum Gasteiger partial charge on any atom is -0.379 e. The highest BCUT2D eigenvalue weighted by Crippen LogP contribution is 2.13. The van der Waals surface area contributed by atoms with E-state index in [2.05, 4.69) is 5.32 Å². The molecule has 100 valence electrons. The van der Waals surface area contributed by atoms with E-state index in [1.54, 1.807) is 0 Å². The van der Waals surface area contributed by atoms with Gasteiger partial charge in [-0.05, 0) is 6.42 Å². The lowest BCUT2D eigenvalue weighted by Crippen LogP contribution is -2.44. The van der Waals surface area contributed by atoms with Crippen LogP contribution < -0.4 is 5.32 Å². The number of likely N-dealkylation sites (N-methyl/N-ethyl adjacent to an activating group) is 1. The zero-order valence-electron chi connectivity index (χ0n) is 10.2. The number of nitrogens with one attached hydrogen (secondary N) is 1. The Hall–Kier alpha value is -0.360. The molecular weight excluding hydrogens is 244 g/mol. The van der Waals surface area contributed by atoms with Gasteiger partial charge in [-0.15, -0.1) is 12.4 Å². The maximum absolute atomic E-state index is 12.0. The van der Waals surface area contributed by atoms with E-state index in [0.29, 0.717) is 19.6 Å². The van der Waals surface area contributed by atoms with Crippen LogP contribution in [0.5, 0.6) is 0 Å². The Kier molecular flexibility index (Phi) is 6.19. The lowest BCUT2D eigenvalue weighted by molar-refractivity contribution is -0.135. The first-order valence-electron chi connectivity index (χ1n) is 5.93. The van der Waals surface area contributed by atoms with E-state index in [9.17, 15) is 4.79 Å². The summed E-state index contributed by atoms with van der Waals surface area (Å²) in [5.74, 6) is 0.157. The fourth-order valence-electron chi connectivity index (χ4n) is 2.12. The van der Waals surface area contributed by atoms with Gasteiger partial charge >= 0.3 is 0 Å². The first-order chi connectivity index (χ1) is 7.77. The quantitative estimate of drug-likeness (QED) is 0.782. The van der Waals surface area contributed by atoms with E-state index in [0.717, 1.165) is 26.1 Å². The molecule has 2 rings (SSSR count). The van der Waals surface area contributed by atoms with Gasteiger partial charge in [0, 0.05) is 26.7 Å². The Morgan fingerprint density at radius 3 is 2.88 bits per heavy atom. The van der Waals surface area contributed by atoms with Crippen LogP contribution in [0, 0.1) is 0 Å². The molecule has 0 radical (unpaired) electrons. The van der Waals surface area contributed by atoms with Crippen molar-refractivity contribution in [2.75, 3.05) is 40.0 Å². The Morgan fingerprint density at radius 1 is 1.47 bits per heavy atom. The van der Waals surface area contributed by atoms with Gasteiger partial charge in [-0.25, -0.2) is 0 Å². The Labute approximate surface area is 108 Å². The average Bonchev–Trinajstić information content (AvgIpc) is 2.83. The van der Waals surface area contributed by atoms with Gasteiger partial charge in [-0.1, -0.05) is 0 Å². The monoisotopic (exact) mass is 264 g/mol. The SMILES string of the molecule is CN(C(=O)CC1CNCCO1)C1CCOC1.Cl. The van der Waals surface area contributed by atoms with Gasteiger partial charge in [-0.2, -0.15) is 0 Å². The maximum Gasteiger partial charge on any atom is 0.225 e. The van der Waals surface area contributed by atoms with Crippen molar-refractivity contribution < 1.29 is 14.3 Å². The molecule has 0 spiro atoms. The molecule has 0 bridgehead atoms. The van der Waals surface area contributed by atoms with Crippen LogP contribution in [0.3, 0.4) is 0 Å². The molecule has 2 fully saturated rings. The number of hydrogen-bond acceptors (Lipinski definition) is 4. The minimum atomic E-state index is 0.